The summed E-state index contributed by atoms with van der Waals surface area (Å²) < 4.78 is 0. The van der Waals surface area contributed by atoms with Gasteiger partial charge in [-0.25, -0.2) is 0 Å². The number of nitrogens with one attached hydrogen (secondary N) is 1. The minimum atomic E-state index is 0.231. The monoisotopic (exact) mass is 200 g/mol. The van der Waals surface area contributed by atoms with Crippen LogP contribution in [0.15, 0.2) is 0 Å². The van der Waals surface area contributed by atoms with Crippen LogP contribution in [0.1, 0.15) is 26.7 Å². The lowest BCUT2D eigenvalue weighted by molar-refractivity contribution is 0.155. The highest BCUT2D eigenvalue weighted by molar-refractivity contribution is 4.84. The quantitative estimate of drug-likeness (QED) is 0.685. The molecular weight excluding hydrogens is 176 g/mol. The molecule has 1 saturated heterocycles. The Hall–Kier alpha value is -0.120. The summed E-state index contributed by atoms with van der Waals surface area (Å²) in [5.41, 5.74) is 0. The van der Waals surface area contributed by atoms with Crippen LogP contribution in [0.2, 0.25) is 0 Å². The lowest BCUT2D eigenvalue weighted by atomic mass is 10.0. The van der Waals surface area contributed by atoms with Crippen molar-refractivity contribution in [3.8, 4) is 0 Å². The summed E-state index contributed by atoms with van der Waals surface area (Å²) in [5, 5.41) is 12.3. The van der Waals surface area contributed by atoms with E-state index >= 15 is 0 Å². The molecule has 0 bridgehead atoms. The Kier molecular flexibility index (Phi) is 4.85. The highest BCUT2D eigenvalue weighted by atomic mass is 16.3. The van der Waals surface area contributed by atoms with E-state index < -0.39 is 0 Å². The minimum Gasteiger partial charge on any atom is -0.395 e. The first-order valence-electron chi connectivity index (χ1n) is 5.71. The summed E-state index contributed by atoms with van der Waals surface area (Å²) in [5.74, 6) is 0.730. The number of hydrogen-bond donors (Lipinski definition) is 2. The maximum absolute atomic E-state index is 9.12. The van der Waals surface area contributed by atoms with Crippen molar-refractivity contribution < 1.29 is 5.11 Å². The normalized spacial score (nSPS) is 25.9. The lowest BCUT2D eigenvalue weighted by Crippen LogP contribution is -2.45. The Balaban J connectivity index is 2.42. The van der Waals surface area contributed by atoms with Gasteiger partial charge in [0.05, 0.1) is 6.61 Å². The zero-order valence-electron chi connectivity index (χ0n) is 9.66. The van der Waals surface area contributed by atoms with E-state index in [1.54, 1.807) is 0 Å². The highest BCUT2D eigenvalue weighted by Crippen LogP contribution is 2.23. The summed E-state index contributed by atoms with van der Waals surface area (Å²) in [4.78, 5) is 2.52. The van der Waals surface area contributed by atoms with E-state index in [4.69, 9.17) is 5.11 Å². The van der Waals surface area contributed by atoms with Crippen LogP contribution < -0.4 is 5.32 Å². The molecule has 1 aliphatic rings. The number of hydrogen-bond acceptors (Lipinski definition) is 3. The van der Waals surface area contributed by atoms with Gasteiger partial charge < -0.3 is 10.4 Å². The average Bonchev–Trinajstić information content (AvgIpc) is 2.62. The van der Waals surface area contributed by atoms with Gasteiger partial charge >= 0.3 is 0 Å². The fraction of sp³-hybridized carbons (Fsp3) is 1.00. The number of nitrogens with zero attached hydrogens (tertiary/aromatic N) is 1. The maximum atomic E-state index is 9.12. The highest BCUT2D eigenvalue weighted by Gasteiger charge is 2.28. The molecule has 0 radical (unpaired) electrons. The molecule has 0 aliphatic carbocycles. The van der Waals surface area contributed by atoms with Crippen LogP contribution in [0.25, 0.3) is 0 Å². The number of likely N-dealkylation sites (tertiary alicyclic amines) is 1. The third-order valence-corrected chi connectivity index (χ3v) is 3.27. The molecule has 0 aromatic carbocycles. The van der Waals surface area contributed by atoms with E-state index in [1.165, 1.54) is 19.4 Å². The molecule has 2 unspecified atom stereocenters. The van der Waals surface area contributed by atoms with Gasteiger partial charge in [0.1, 0.15) is 0 Å². The largest absolute Gasteiger partial charge is 0.395 e. The smallest absolute Gasteiger partial charge is 0.0597 e. The van der Waals surface area contributed by atoms with Crippen LogP contribution >= 0.6 is 0 Å². The van der Waals surface area contributed by atoms with E-state index in [2.05, 4.69) is 24.1 Å². The Morgan fingerprint density at radius 2 is 2.21 bits per heavy atom. The zero-order chi connectivity index (χ0) is 10.6. The van der Waals surface area contributed by atoms with E-state index in [0.29, 0.717) is 0 Å². The Morgan fingerprint density at radius 1 is 1.50 bits per heavy atom. The van der Waals surface area contributed by atoms with Crippen molar-refractivity contribution in [3.63, 3.8) is 0 Å². The Morgan fingerprint density at radius 3 is 2.71 bits per heavy atom. The van der Waals surface area contributed by atoms with Crippen LogP contribution in [0.3, 0.4) is 0 Å². The Labute approximate surface area is 87.5 Å². The lowest BCUT2D eigenvalue weighted by Gasteiger charge is -2.30. The van der Waals surface area contributed by atoms with Crippen LogP contribution in [0.4, 0.5) is 0 Å². The molecular formula is C11H24N2O. The molecule has 0 aromatic heterocycles. The standard InChI is InChI=1S/C11H24N2O/c1-9(2)11-5-4-6-13(11)7-10(8-14)12-3/h9-12,14H,4-8H2,1-3H3. The average molecular weight is 200 g/mol. The van der Waals surface area contributed by atoms with Gasteiger partial charge in [-0.15, -0.1) is 0 Å². The van der Waals surface area contributed by atoms with E-state index in [-0.39, 0.29) is 12.6 Å². The van der Waals surface area contributed by atoms with Crippen molar-refractivity contribution in [1.82, 2.24) is 10.2 Å². The molecule has 1 heterocycles. The fourth-order valence-corrected chi connectivity index (χ4v) is 2.36. The number of rotatable bonds is 5. The summed E-state index contributed by atoms with van der Waals surface area (Å²) in [6.45, 7) is 6.99. The summed E-state index contributed by atoms with van der Waals surface area (Å²) in [6.07, 6.45) is 2.63. The first-order chi connectivity index (χ1) is 6.69. The van der Waals surface area contributed by atoms with E-state index in [1.807, 2.05) is 7.05 Å². The summed E-state index contributed by atoms with van der Waals surface area (Å²) in [6, 6.07) is 0.951. The predicted octanol–water partition coefficient (Wildman–Crippen LogP) is 0.687. The number of likely N-dealkylation sites (N-methyl/N-ethyl adjacent to an activating group) is 1. The van der Waals surface area contributed by atoms with Gasteiger partial charge in [0.2, 0.25) is 0 Å². The molecule has 84 valence electrons. The van der Waals surface area contributed by atoms with Crippen molar-refractivity contribution in [2.45, 2.75) is 38.8 Å². The van der Waals surface area contributed by atoms with E-state index in [9.17, 15) is 0 Å². The van der Waals surface area contributed by atoms with Crippen molar-refractivity contribution in [2.24, 2.45) is 5.92 Å². The topological polar surface area (TPSA) is 35.5 Å². The van der Waals surface area contributed by atoms with Gasteiger partial charge in [-0.05, 0) is 32.4 Å². The molecule has 0 spiro atoms. The van der Waals surface area contributed by atoms with Crippen LogP contribution in [-0.2, 0) is 0 Å². The second-order valence-corrected chi connectivity index (χ2v) is 4.62. The minimum absolute atomic E-state index is 0.231. The molecule has 2 atom stereocenters. The van der Waals surface area contributed by atoms with Crippen LogP contribution in [0.5, 0.6) is 0 Å². The van der Waals surface area contributed by atoms with Gasteiger partial charge in [-0.3, -0.25) is 4.90 Å². The third-order valence-electron chi connectivity index (χ3n) is 3.27. The maximum Gasteiger partial charge on any atom is 0.0597 e. The van der Waals surface area contributed by atoms with Crippen LogP contribution in [-0.4, -0.2) is 48.8 Å². The van der Waals surface area contributed by atoms with Crippen molar-refractivity contribution in [2.75, 3.05) is 26.7 Å². The summed E-state index contributed by atoms with van der Waals surface area (Å²) >= 11 is 0. The van der Waals surface area contributed by atoms with Gasteiger partial charge in [0.25, 0.3) is 0 Å². The predicted molar refractivity (Wildman–Crippen MR) is 59.4 cm³/mol. The number of aliphatic hydroxyl groups is 1. The number of aliphatic hydroxyl groups excluding tert-OH is 1. The van der Waals surface area contributed by atoms with Gasteiger partial charge in [-0.1, -0.05) is 13.8 Å². The van der Waals surface area contributed by atoms with E-state index in [0.717, 1.165) is 18.5 Å². The molecule has 1 rings (SSSR count). The molecule has 1 aliphatic heterocycles. The van der Waals surface area contributed by atoms with Gasteiger partial charge in [-0.2, -0.15) is 0 Å². The fourth-order valence-electron chi connectivity index (χ4n) is 2.36. The molecule has 0 aromatic rings. The molecule has 14 heavy (non-hydrogen) atoms. The second-order valence-electron chi connectivity index (χ2n) is 4.62. The van der Waals surface area contributed by atoms with Crippen LogP contribution in [0, 0.1) is 5.92 Å². The molecule has 0 amide bonds. The molecule has 3 heteroatoms. The Bertz CT molecular complexity index is 157. The molecule has 3 nitrogen and oxygen atoms in total. The first kappa shape index (κ1) is 12.0. The third kappa shape index (κ3) is 2.94. The van der Waals surface area contributed by atoms with Crippen molar-refractivity contribution in [3.05, 3.63) is 0 Å². The first-order valence-corrected chi connectivity index (χ1v) is 5.71. The van der Waals surface area contributed by atoms with Crippen molar-refractivity contribution in [1.29, 1.82) is 0 Å². The van der Waals surface area contributed by atoms with Gasteiger partial charge in [0.15, 0.2) is 0 Å². The zero-order valence-corrected chi connectivity index (χ0v) is 9.66. The second kappa shape index (κ2) is 5.69. The van der Waals surface area contributed by atoms with Gasteiger partial charge in [0, 0.05) is 18.6 Å². The van der Waals surface area contributed by atoms with Crippen molar-refractivity contribution >= 4 is 0 Å². The molecule has 2 N–H and O–H groups in total. The molecule has 1 fully saturated rings. The molecule has 0 saturated carbocycles. The summed E-state index contributed by atoms with van der Waals surface area (Å²) in [7, 11) is 1.92. The SMILES string of the molecule is CNC(CO)CN1CCCC1C(C)C.